The molecule has 4 nitrogen and oxygen atoms in total. The van der Waals surface area contributed by atoms with E-state index in [9.17, 15) is 4.79 Å². The van der Waals surface area contributed by atoms with Crippen LogP contribution in [-0.2, 0) is 10.2 Å². The molecule has 2 aromatic rings. The first-order valence-corrected chi connectivity index (χ1v) is 7.76. The number of nitrogens with one attached hydrogen (secondary N) is 1. The number of anilines is 1. The normalized spacial score (nSPS) is 20.7. The van der Waals surface area contributed by atoms with Crippen molar-refractivity contribution >= 4 is 23.3 Å². The summed E-state index contributed by atoms with van der Waals surface area (Å²) in [5, 5.41) is 7.47. The first-order chi connectivity index (χ1) is 10.3. The number of amides is 1. The lowest BCUT2D eigenvalue weighted by molar-refractivity contribution is -0.117. The topological polar surface area (TPSA) is 55.1 Å². The average Bonchev–Trinajstić information content (AvgIpc) is 3.10. The van der Waals surface area contributed by atoms with Crippen LogP contribution in [0.25, 0.3) is 0 Å². The van der Waals surface area contributed by atoms with E-state index in [2.05, 4.69) is 10.5 Å². The van der Waals surface area contributed by atoms with Crippen LogP contribution in [0.3, 0.4) is 0 Å². The largest absolute Gasteiger partial charge is 0.359 e. The second-order valence-electron chi connectivity index (χ2n) is 6.82. The Morgan fingerprint density at radius 2 is 2.00 bits per heavy atom. The second kappa shape index (κ2) is 5.43. The third-order valence-electron chi connectivity index (χ3n) is 3.93. The molecule has 116 valence electrons. The number of carbonyl (C=O) groups excluding carboxylic acids is 1. The molecule has 0 aliphatic heterocycles. The summed E-state index contributed by atoms with van der Waals surface area (Å²) < 4.78 is 5.28. The van der Waals surface area contributed by atoms with Crippen molar-refractivity contribution in [3.8, 4) is 0 Å². The highest BCUT2D eigenvalue weighted by molar-refractivity contribution is 6.30. The van der Waals surface area contributed by atoms with Gasteiger partial charge in [0.2, 0.25) is 5.91 Å². The first-order valence-electron chi connectivity index (χ1n) is 7.38. The van der Waals surface area contributed by atoms with Crippen molar-refractivity contribution in [2.75, 3.05) is 5.32 Å². The fourth-order valence-electron chi connectivity index (χ4n) is 2.47. The fourth-order valence-corrected chi connectivity index (χ4v) is 2.60. The zero-order chi connectivity index (χ0) is 15.9. The highest BCUT2D eigenvalue weighted by atomic mass is 35.5. The molecule has 0 unspecified atom stereocenters. The number of nitrogens with zero attached hydrogens (tertiary/aromatic N) is 1. The van der Waals surface area contributed by atoms with E-state index < -0.39 is 0 Å². The van der Waals surface area contributed by atoms with Gasteiger partial charge in [0.25, 0.3) is 0 Å². The summed E-state index contributed by atoms with van der Waals surface area (Å²) in [6.45, 7) is 6.11. The maximum Gasteiger partial charge on any atom is 0.229 e. The van der Waals surface area contributed by atoms with Crippen LogP contribution in [-0.4, -0.2) is 11.1 Å². The fraction of sp³-hybridized carbons (Fsp3) is 0.412. The number of hydrogen-bond donors (Lipinski definition) is 1. The number of hydrogen-bond acceptors (Lipinski definition) is 3. The Kier molecular flexibility index (Phi) is 3.73. The molecule has 1 fully saturated rings. The van der Waals surface area contributed by atoms with E-state index in [1.54, 1.807) is 6.07 Å². The Morgan fingerprint density at radius 3 is 2.59 bits per heavy atom. The second-order valence-corrected chi connectivity index (χ2v) is 7.25. The van der Waals surface area contributed by atoms with Crippen LogP contribution in [0.15, 0.2) is 34.9 Å². The number of halogens is 1. The van der Waals surface area contributed by atoms with E-state index in [1.165, 1.54) is 0 Å². The summed E-state index contributed by atoms with van der Waals surface area (Å²) in [5.74, 6) is 1.50. The van der Waals surface area contributed by atoms with Crippen molar-refractivity contribution in [1.29, 1.82) is 0 Å². The molecule has 1 amide bonds. The number of carbonyl (C=O) groups is 1. The maximum absolute atomic E-state index is 12.3. The molecule has 0 spiro atoms. The van der Waals surface area contributed by atoms with Crippen LogP contribution in [0, 0.1) is 5.92 Å². The van der Waals surface area contributed by atoms with Crippen molar-refractivity contribution < 1.29 is 9.32 Å². The molecule has 0 bridgehead atoms. The van der Waals surface area contributed by atoms with Crippen LogP contribution in [0.2, 0.25) is 5.02 Å². The van der Waals surface area contributed by atoms with Gasteiger partial charge in [-0.1, -0.05) is 49.7 Å². The van der Waals surface area contributed by atoms with E-state index in [-0.39, 0.29) is 23.2 Å². The van der Waals surface area contributed by atoms with Gasteiger partial charge in [-0.2, -0.15) is 0 Å². The van der Waals surface area contributed by atoms with Gasteiger partial charge in [0.15, 0.2) is 5.82 Å². The van der Waals surface area contributed by atoms with Crippen molar-refractivity contribution in [2.45, 2.75) is 38.5 Å². The summed E-state index contributed by atoms with van der Waals surface area (Å²) in [4.78, 5) is 12.3. The van der Waals surface area contributed by atoms with Crippen molar-refractivity contribution in [2.24, 2.45) is 5.92 Å². The van der Waals surface area contributed by atoms with Crippen molar-refractivity contribution in [3.05, 3.63) is 46.7 Å². The molecule has 1 aliphatic carbocycles. The molecule has 22 heavy (non-hydrogen) atoms. The molecule has 1 aliphatic rings. The molecule has 2 atom stereocenters. The van der Waals surface area contributed by atoms with Gasteiger partial charge in [-0.05, 0) is 30.0 Å². The Balaban J connectivity index is 1.62. The molecule has 1 aromatic carbocycles. The van der Waals surface area contributed by atoms with E-state index in [0.29, 0.717) is 10.8 Å². The summed E-state index contributed by atoms with van der Waals surface area (Å²) in [7, 11) is 0. The van der Waals surface area contributed by atoms with E-state index in [1.807, 2.05) is 45.0 Å². The third kappa shape index (κ3) is 3.17. The summed E-state index contributed by atoms with van der Waals surface area (Å²) in [5.41, 5.74) is 1.03. The van der Waals surface area contributed by atoms with Crippen molar-refractivity contribution in [1.82, 2.24) is 5.16 Å². The quantitative estimate of drug-likeness (QED) is 0.914. The highest BCUT2D eigenvalue weighted by Gasteiger charge is 2.44. The Labute approximate surface area is 134 Å². The third-order valence-corrected chi connectivity index (χ3v) is 4.18. The molecule has 1 heterocycles. The molecular weight excluding hydrogens is 300 g/mol. The summed E-state index contributed by atoms with van der Waals surface area (Å²) in [6.07, 6.45) is 0.859. The van der Waals surface area contributed by atoms with Crippen LogP contribution in [0.5, 0.6) is 0 Å². The van der Waals surface area contributed by atoms with E-state index >= 15 is 0 Å². The smallest absolute Gasteiger partial charge is 0.229 e. The van der Waals surface area contributed by atoms with Gasteiger partial charge in [0, 0.05) is 22.4 Å². The molecule has 5 heteroatoms. The zero-order valence-corrected chi connectivity index (χ0v) is 13.6. The van der Waals surface area contributed by atoms with Gasteiger partial charge in [0.1, 0.15) is 5.76 Å². The molecule has 1 saturated carbocycles. The van der Waals surface area contributed by atoms with Crippen LogP contribution in [0.4, 0.5) is 5.82 Å². The lowest BCUT2D eigenvalue weighted by Gasteiger charge is -2.12. The van der Waals surface area contributed by atoms with Crippen molar-refractivity contribution in [3.63, 3.8) is 0 Å². The van der Waals surface area contributed by atoms with Gasteiger partial charge >= 0.3 is 0 Å². The molecular formula is C17H19ClN2O2. The predicted octanol–water partition coefficient (Wildman–Crippen LogP) is 4.37. The predicted molar refractivity (Wildman–Crippen MR) is 86.1 cm³/mol. The molecule has 1 N–H and O–H groups in total. The SMILES string of the molecule is CC(C)(C)c1cc(NC(=O)[C@H]2C[C@@H]2c2ccc(Cl)cc2)no1. The monoisotopic (exact) mass is 318 g/mol. The summed E-state index contributed by atoms with van der Waals surface area (Å²) >= 11 is 5.88. The van der Waals surface area contributed by atoms with Crippen LogP contribution < -0.4 is 5.32 Å². The average molecular weight is 319 g/mol. The number of aromatic nitrogens is 1. The Bertz CT molecular complexity index is 685. The highest BCUT2D eigenvalue weighted by Crippen LogP contribution is 2.48. The van der Waals surface area contributed by atoms with Gasteiger partial charge < -0.3 is 9.84 Å². The molecule has 0 saturated heterocycles. The van der Waals surface area contributed by atoms with Gasteiger partial charge in [-0.25, -0.2) is 0 Å². The molecule has 0 radical (unpaired) electrons. The van der Waals surface area contributed by atoms with Crippen LogP contribution in [0.1, 0.15) is 44.4 Å². The van der Waals surface area contributed by atoms with E-state index in [0.717, 1.165) is 17.7 Å². The minimum absolute atomic E-state index is 0.00374. The van der Waals surface area contributed by atoms with E-state index in [4.69, 9.17) is 16.1 Å². The maximum atomic E-state index is 12.3. The minimum atomic E-state index is -0.124. The number of benzene rings is 1. The number of rotatable bonds is 3. The standard InChI is InChI=1S/C17H19ClN2O2/c1-17(2,3)14-9-15(20-22-14)19-16(21)13-8-12(13)10-4-6-11(18)7-5-10/h4-7,9,12-13H,8H2,1-3H3,(H,19,20,21)/t12-,13+/m1/s1. The van der Waals surface area contributed by atoms with Crippen LogP contribution >= 0.6 is 11.6 Å². The van der Waals surface area contributed by atoms with Gasteiger partial charge in [0.05, 0.1) is 0 Å². The molecule has 1 aromatic heterocycles. The Hall–Kier alpha value is -1.81. The minimum Gasteiger partial charge on any atom is -0.359 e. The lowest BCUT2D eigenvalue weighted by Crippen LogP contribution is -2.15. The zero-order valence-electron chi connectivity index (χ0n) is 12.9. The van der Waals surface area contributed by atoms with Gasteiger partial charge in [-0.3, -0.25) is 4.79 Å². The molecule has 3 rings (SSSR count). The first kappa shape index (κ1) is 15.1. The lowest BCUT2D eigenvalue weighted by atomic mass is 9.93. The van der Waals surface area contributed by atoms with Gasteiger partial charge in [-0.15, -0.1) is 0 Å². The Morgan fingerprint density at radius 1 is 1.32 bits per heavy atom. The summed E-state index contributed by atoms with van der Waals surface area (Å²) in [6, 6.07) is 9.47.